The van der Waals surface area contributed by atoms with E-state index in [0.717, 1.165) is 0 Å². The fourth-order valence-corrected chi connectivity index (χ4v) is 2.70. The second-order valence-corrected chi connectivity index (χ2v) is 5.24. The first-order valence-corrected chi connectivity index (χ1v) is 7.92. The minimum Gasteiger partial charge on any atom is -0.496 e. The molecule has 26 heavy (non-hydrogen) atoms. The number of carbonyl (C=O) groups excluding carboxylic acids is 1. The SMILES string of the molecule is C=CC(=O)C=C(c1c(OC)cccc1OC)c1c(OC)cccc1OC. The van der Waals surface area contributed by atoms with Crippen LogP contribution in [0.5, 0.6) is 23.0 Å². The lowest BCUT2D eigenvalue weighted by molar-refractivity contribution is -0.110. The summed E-state index contributed by atoms with van der Waals surface area (Å²) in [7, 11) is 6.24. The Hall–Kier alpha value is -3.21. The number of hydrogen-bond donors (Lipinski definition) is 0. The van der Waals surface area contributed by atoms with Gasteiger partial charge in [0.1, 0.15) is 23.0 Å². The average molecular weight is 354 g/mol. The van der Waals surface area contributed by atoms with Gasteiger partial charge in [-0.15, -0.1) is 0 Å². The first-order valence-electron chi connectivity index (χ1n) is 7.92. The zero-order valence-corrected chi connectivity index (χ0v) is 15.4. The molecule has 5 nitrogen and oxygen atoms in total. The number of ether oxygens (including phenoxy) is 4. The summed E-state index contributed by atoms with van der Waals surface area (Å²) in [5.74, 6) is 1.96. The van der Waals surface area contributed by atoms with Crippen LogP contribution in [0.4, 0.5) is 0 Å². The monoisotopic (exact) mass is 354 g/mol. The molecule has 0 aliphatic rings. The normalized spacial score (nSPS) is 9.85. The van der Waals surface area contributed by atoms with Crippen LogP contribution < -0.4 is 18.9 Å². The smallest absolute Gasteiger partial charge is 0.178 e. The Morgan fingerprint density at radius 3 is 1.38 bits per heavy atom. The van der Waals surface area contributed by atoms with Crippen molar-refractivity contribution < 1.29 is 23.7 Å². The molecule has 0 fully saturated rings. The summed E-state index contributed by atoms with van der Waals surface area (Å²) in [6.07, 6.45) is 2.71. The first-order chi connectivity index (χ1) is 12.6. The molecule has 2 aromatic rings. The van der Waals surface area contributed by atoms with Crippen molar-refractivity contribution in [1.82, 2.24) is 0 Å². The summed E-state index contributed by atoms with van der Waals surface area (Å²) < 4.78 is 22.1. The fourth-order valence-electron chi connectivity index (χ4n) is 2.70. The predicted molar refractivity (Wildman–Crippen MR) is 101 cm³/mol. The minimum absolute atomic E-state index is 0.263. The van der Waals surface area contributed by atoms with Gasteiger partial charge in [-0.2, -0.15) is 0 Å². The van der Waals surface area contributed by atoms with Gasteiger partial charge in [-0.3, -0.25) is 4.79 Å². The summed E-state index contributed by atoms with van der Waals surface area (Å²) in [5.41, 5.74) is 1.80. The summed E-state index contributed by atoms with van der Waals surface area (Å²) in [4.78, 5) is 12.2. The zero-order valence-electron chi connectivity index (χ0n) is 15.4. The number of rotatable bonds is 8. The second-order valence-electron chi connectivity index (χ2n) is 5.24. The van der Waals surface area contributed by atoms with Crippen LogP contribution in [-0.4, -0.2) is 34.2 Å². The zero-order chi connectivity index (χ0) is 19.1. The minimum atomic E-state index is -0.263. The molecule has 0 bridgehead atoms. The number of ketones is 1. The molecule has 0 atom stereocenters. The van der Waals surface area contributed by atoms with E-state index in [1.165, 1.54) is 12.2 Å². The number of hydrogen-bond acceptors (Lipinski definition) is 5. The van der Waals surface area contributed by atoms with E-state index in [-0.39, 0.29) is 5.78 Å². The quantitative estimate of drug-likeness (QED) is 0.673. The van der Waals surface area contributed by atoms with Crippen molar-refractivity contribution in [2.75, 3.05) is 28.4 Å². The third-order valence-corrected chi connectivity index (χ3v) is 3.88. The topological polar surface area (TPSA) is 54.0 Å². The lowest BCUT2D eigenvalue weighted by atomic mass is 9.93. The van der Waals surface area contributed by atoms with Gasteiger partial charge in [0, 0.05) is 5.57 Å². The number of benzene rings is 2. The lowest BCUT2D eigenvalue weighted by Crippen LogP contribution is -2.03. The Labute approximate surface area is 153 Å². The van der Waals surface area contributed by atoms with Gasteiger partial charge in [0.05, 0.1) is 39.6 Å². The van der Waals surface area contributed by atoms with Gasteiger partial charge in [-0.05, 0) is 36.4 Å². The van der Waals surface area contributed by atoms with Crippen LogP contribution in [0.15, 0.2) is 55.1 Å². The van der Waals surface area contributed by atoms with E-state index in [2.05, 4.69) is 6.58 Å². The van der Waals surface area contributed by atoms with Crippen molar-refractivity contribution >= 4 is 11.4 Å². The molecular weight excluding hydrogens is 332 g/mol. The van der Waals surface area contributed by atoms with Crippen molar-refractivity contribution in [3.8, 4) is 23.0 Å². The molecule has 0 aromatic heterocycles. The molecular formula is C21H22O5. The highest BCUT2D eigenvalue weighted by Crippen LogP contribution is 2.44. The van der Waals surface area contributed by atoms with Gasteiger partial charge in [0.15, 0.2) is 5.78 Å². The maximum atomic E-state index is 12.2. The van der Waals surface area contributed by atoms with E-state index in [0.29, 0.717) is 39.7 Å². The van der Waals surface area contributed by atoms with E-state index in [9.17, 15) is 4.79 Å². The van der Waals surface area contributed by atoms with Gasteiger partial charge in [-0.1, -0.05) is 18.7 Å². The van der Waals surface area contributed by atoms with E-state index in [1.807, 2.05) is 12.1 Å². The van der Waals surface area contributed by atoms with Gasteiger partial charge < -0.3 is 18.9 Å². The van der Waals surface area contributed by atoms with Crippen molar-refractivity contribution in [1.29, 1.82) is 0 Å². The summed E-state index contributed by atoms with van der Waals surface area (Å²) >= 11 is 0. The molecule has 0 N–H and O–H groups in total. The Morgan fingerprint density at radius 2 is 1.12 bits per heavy atom. The summed E-state index contributed by atoms with van der Waals surface area (Å²) in [6, 6.07) is 10.8. The number of methoxy groups -OCH3 is 4. The molecule has 0 aliphatic heterocycles. The standard InChI is InChI=1S/C21H22O5/c1-6-14(22)13-15(20-16(23-2)9-7-10-17(20)24-3)21-18(25-4)11-8-12-19(21)26-5/h6-13H,1H2,2-5H3. The fraction of sp³-hybridized carbons (Fsp3) is 0.190. The van der Waals surface area contributed by atoms with Crippen LogP contribution >= 0.6 is 0 Å². The van der Waals surface area contributed by atoms with Crippen molar-refractivity contribution in [3.63, 3.8) is 0 Å². The maximum absolute atomic E-state index is 12.2. The molecule has 2 aromatic carbocycles. The Kier molecular flexibility index (Phi) is 6.44. The van der Waals surface area contributed by atoms with Crippen LogP contribution in [0.1, 0.15) is 11.1 Å². The molecule has 0 unspecified atom stereocenters. The molecule has 5 heteroatoms. The Bertz CT molecular complexity index is 734. The van der Waals surface area contributed by atoms with Crippen LogP contribution in [-0.2, 0) is 4.79 Å². The molecule has 136 valence electrons. The second kappa shape index (κ2) is 8.76. The van der Waals surface area contributed by atoms with Crippen molar-refractivity contribution in [3.05, 3.63) is 66.3 Å². The van der Waals surface area contributed by atoms with Crippen molar-refractivity contribution in [2.24, 2.45) is 0 Å². The molecule has 0 saturated carbocycles. The van der Waals surface area contributed by atoms with Crippen molar-refractivity contribution in [2.45, 2.75) is 0 Å². The van der Waals surface area contributed by atoms with Gasteiger partial charge >= 0.3 is 0 Å². The van der Waals surface area contributed by atoms with E-state index in [4.69, 9.17) is 18.9 Å². The lowest BCUT2D eigenvalue weighted by Gasteiger charge is -2.20. The first kappa shape index (κ1) is 19.1. The molecule has 0 amide bonds. The summed E-state index contributed by atoms with van der Waals surface area (Å²) in [6.45, 7) is 3.55. The number of carbonyl (C=O) groups is 1. The number of allylic oxidation sites excluding steroid dienone is 2. The van der Waals surface area contributed by atoms with E-state index in [1.54, 1.807) is 52.7 Å². The third-order valence-electron chi connectivity index (χ3n) is 3.88. The van der Waals surface area contributed by atoms with Gasteiger partial charge in [-0.25, -0.2) is 0 Å². The molecule has 0 heterocycles. The molecule has 0 aliphatic carbocycles. The highest BCUT2D eigenvalue weighted by Gasteiger charge is 2.23. The Balaban J connectivity index is 2.92. The van der Waals surface area contributed by atoms with Gasteiger partial charge in [0.2, 0.25) is 0 Å². The third kappa shape index (κ3) is 3.72. The summed E-state index contributed by atoms with van der Waals surface area (Å²) in [5, 5.41) is 0. The molecule has 0 radical (unpaired) electrons. The van der Waals surface area contributed by atoms with Crippen LogP contribution in [0.2, 0.25) is 0 Å². The van der Waals surface area contributed by atoms with E-state index < -0.39 is 0 Å². The Morgan fingerprint density at radius 1 is 0.769 bits per heavy atom. The van der Waals surface area contributed by atoms with Crippen LogP contribution in [0.3, 0.4) is 0 Å². The van der Waals surface area contributed by atoms with Gasteiger partial charge in [0.25, 0.3) is 0 Å². The van der Waals surface area contributed by atoms with Crippen LogP contribution in [0.25, 0.3) is 5.57 Å². The average Bonchev–Trinajstić information content (AvgIpc) is 2.70. The van der Waals surface area contributed by atoms with E-state index >= 15 is 0 Å². The largest absolute Gasteiger partial charge is 0.496 e. The maximum Gasteiger partial charge on any atom is 0.178 e. The van der Waals surface area contributed by atoms with Crippen LogP contribution in [0, 0.1) is 0 Å². The molecule has 2 rings (SSSR count). The predicted octanol–water partition coefficient (Wildman–Crippen LogP) is 3.91. The molecule has 0 spiro atoms. The highest BCUT2D eigenvalue weighted by molar-refractivity contribution is 6.08. The molecule has 0 saturated heterocycles. The highest BCUT2D eigenvalue weighted by atomic mass is 16.5.